The van der Waals surface area contributed by atoms with Crippen LogP contribution in [0.15, 0.2) is 24.5 Å². The van der Waals surface area contributed by atoms with Crippen molar-refractivity contribution < 1.29 is 4.79 Å². The van der Waals surface area contributed by atoms with E-state index in [2.05, 4.69) is 9.97 Å². The smallest absolute Gasteiger partial charge is 0.166 e. The molecule has 0 aliphatic heterocycles. The summed E-state index contributed by atoms with van der Waals surface area (Å²) in [4.78, 5) is 19.6. The molecule has 1 aromatic carbocycles. The second kappa shape index (κ2) is 4.32. The Hall–Kier alpha value is -1.64. The number of imidazole rings is 1. The number of ketones is 1. The Labute approximate surface area is 100 Å². The Balaban J connectivity index is 1.88. The van der Waals surface area contributed by atoms with Gasteiger partial charge in [-0.1, -0.05) is 19.3 Å². The monoisotopic (exact) mass is 228 g/mol. The van der Waals surface area contributed by atoms with Crippen LogP contribution in [0.3, 0.4) is 0 Å². The van der Waals surface area contributed by atoms with Gasteiger partial charge in [-0.05, 0) is 31.0 Å². The van der Waals surface area contributed by atoms with Crippen molar-refractivity contribution in [2.45, 2.75) is 32.1 Å². The second-order valence-corrected chi connectivity index (χ2v) is 4.83. The number of nitrogens with one attached hydrogen (secondary N) is 1. The highest BCUT2D eigenvalue weighted by atomic mass is 16.1. The van der Waals surface area contributed by atoms with Crippen molar-refractivity contribution in [3.05, 3.63) is 30.1 Å². The summed E-state index contributed by atoms with van der Waals surface area (Å²) in [5, 5.41) is 0. The number of nitrogens with zero attached hydrogens (tertiary/aromatic N) is 1. The molecule has 3 heteroatoms. The molecule has 17 heavy (non-hydrogen) atoms. The number of hydrogen-bond acceptors (Lipinski definition) is 2. The number of rotatable bonds is 2. The third-order valence-electron chi connectivity index (χ3n) is 3.68. The Kier molecular flexibility index (Phi) is 2.67. The van der Waals surface area contributed by atoms with Crippen LogP contribution in [-0.2, 0) is 0 Å². The average Bonchev–Trinajstić information content (AvgIpc) is 2.86. The molecule has 1 aliphatic rings. The topological polar surface area (TPSA) is 45.8 Å². The molecule has 88 valence electrons. The highest BCUT2D eigenvalue weighted by molar-refractivity contribution is 6.00. The maximum absolute atomic E-state index is 12.3. The summed E-state index contributed by atoms with van der Waals surface area (Å²) >= 11 is 0. The molecule has 0 radical (unpaired) electrons. The number of Topliss-reactive ketones (excluding diaryl/α,β-unsaturated/α-hetero) is 1. The number of aromatic nitrogens is 2. The lowest BCUT2D eigenvalue weighted by molar-refractivity contribution is 0.0889. The van der Waals surface area contributed by atoms with Crippen molar-refractivity contribution in [1.29, 1.82) is 0 Å². The molecule has 0 amide bonds. The molecule has 1 saturated carbocycles. The minimum absolute atomic E-state index is 0.236. The Morgan fingerprint density at radius 2 is 2.06 bits per heavy atom. The van der Waals surface area contributed by atoms with Gasteiger partial charge in [0.15, 0.2) is 5.78 Å². The van der Waals surface area contributed by atoms with E-state index in [4.69, 9.17) is 0 Å². The predicted octanol–water partition coefficient (Wildman–Crippen LogP) is 3.33. The average molecular weight is 228 g/mol. The fourth-order valence-corrected chi connectivity index (χ4v) is 2.69. The van der Waals surface area contributed by atoms with Gasteiger partial charge in [-0.2, -0.15) is 0 Å². The lowest BCUT2D eigenvalue weighted by Gasteiger charge is -2.20. The number of carbonyl (C=O) groups excluding carboxylic acids is 1. The summed E-state index contributed by atoms with van der Waals surface area (Å²) in [6.45, 7) is 0. The van der Waals surface area contributed by atoms with Crippen LogP contribution < -0.4 is 0 Å². The van der Waals surface area contributed by atoms with E-state index < -0.39 is 0 Å². The summed E-state index contributed by atoms with van der Waals surface area (Å²) in [6.07, 6.45) is 7.44. The first-order chi connectivity index (χ1) is 8.34. The summed E-state index contributed by atoms with van der Waals surface area (Å²) in [7, 11) is 0. The van der Waals surface area contributed by atoms with Gasteiger partial charge in [-0.25, -0.2) is 4.98 Å². The lowest BCUT2D eigenvalue weighted by atomic mass is 9.84. The van der Waals surface area contributed by atoms with E-state index in [0.29, 0.717) is 5.78 Å². The van der Waals surface area contributed by atoms with Gasteiger partial charge in [0.1, 0.15) is 0 Å². The van der Waals surface area contributed by atoms with Gasteiger partial charge in [0.2, 0.25) is 0 Å². The minimum Gasteiger partial charge on any atom is -0.345 e. The van der Waals surface area contributed by atoms with E-state index in [9.17, 15) is 4.79 Å². The quantitative estimate of drug-likeness (QED) is 0.801. The predicted molar refractivity (Wildman–Crippen MR) is 67.0 cm³/mol. The molecule has 0 bridgehead atoms. The fraction of sp³-hybridized carbons (Fsp3) is 0.429. The molecule has 1 heterocycles. The van der Waals surface area contributed by atoms with Gasteiger partial charge in [0, 0.05) is 11.5 Å². The zero-order chi connectivity index (χ0) is 11.7. The highest BCUT2D eigenvalue weighted by Crippen LogP contribution is 2.27. The highest BCUT2D eigenvalue weighted by Gasteiger charge is 2.22. The molecule has 0 saturated heterocycles. The summed E-state index contributed by atoms with van der Waals surface area (Å²) in [5.74, 6) is 0.537. The van der Waals surface area contributed by atoms with Crippen molar-refractivity contribution in [3.8, 4) is 0 Å². The van der Waals surface area contributed by atoms with E-state index in [-0.39, 0.29) is 5.92 Å². The lowest BCUT2D eigenvalue weighted by Crippen LogP contribution is -2.17. The van der Waals surface area contributed by atoms with E-state index in [1.165, 1.54) is 19.3 Å². The molecule has 2 aromatic rings. The molecule has 0 atom stereocenters. The van der Waals surface area contributed by atoms with Crippen molar-refractivity contribution in [3.63, 3.8) is 0 Å². The van der Waals surface area contributed by atoms with Crippen molar-refractivity contribution >= 4 is 16.8 Å². The first kappa shape index (κ1) is 10.5. The molecule has 1 aromatic heterocycles. The number of carbonyl (C=O) groups is 1. The zero-order valence-electron chi connectivity index (χ0n) is 9.78. The molecular weight excluding hydrogens is 212 g/mol. The van der Waals surface area contributed by atoms with Gasteiger partial charge >= 0.3 is 0 Å². The van der Waals surface area contributed by atoms with Crippen LogP contribution in [0.2, 0.25) is 0 Å². The SMILES string of the molecule is O=C(c1ccc2[nH]cnc2c1)C1CCCCC1. The van der Waals surface area contributed by atoms with Crippen LogP contribution >= 0.6 is 0 Å². The maximum atomic E-state index is 12.3. The third kappa shape index (κ3) is 1.97. The van der Waals surface area contributed by atoms with E-state index in [1.54, 1.807) is 6.33 Å². The summed E-state index contributed by atoms with van der Waals surface area (Å²) in [5.41, 5.74) is 2.69. The standard InChI is InChI=1S/C14H16N2O/c17-14(10-4-2-1-3-5-10)11-6-7-12-13(8-11)16-9-15-12/h6-10H,1-5H2,(H,15,16). The second-order valence-electron chi connectivity index (χ2n) is 4.83. The summed E-state index contributed by atoms with van der Waals surface area (Å²) < 4.78 is 0. The molecule has 3 nitrogen and oxygen atoms in total. The minimum atomic E-state index is 0.236. The van der Waals surface area contributed by atoms with Crippen LogP contribution in [0, 0.1) is 5.92 Å². The first-order valence-corrected chi connectivity index (χ1v) is 6.32. The van der Waals surface area contributed by atoms with Crippen LogP contribution in [0.4, 0.5) is 0 Å². The van der Waals surface area contributed by atoms with Crippen LogP contribution in [-0.4, -0.2) is 15.8 Å². The van der Waals surface area contributed by atoms with Crippen LogP contribution in [0.25, 0.3) is 11.0 Å². The fourth-order valence-electron chi connectivity index (χ4n) is 2.69. The van der Waals surface area contributed by atoms with E-state index in [0.717, 1.165) is 29.4 Å². The third-order valence-corrected chi connectivity index (χ3v) is 3.68. The Morgan fingerprint density at radius 3 is 2.88 bits per heavy atom. The molecular formula is C14H16N2O. The van der Waals surface area contributed by atoms with Crippen LogP contribution in [0.1, 0.15) is 42.5 Å². The number of H-pyrrole nitrogens is 1. The van der Waals surface area contributed by atoms with Gasteiger partial charge in [0.05, 0.1) is 17.4 Å². The van der Waals surface area contributed by atoms with Crippen LogP contribution in [0.5, 0.6) is 0 Å². The van der Waals surface area contributed by atoms with E-state index in [1.807, 2.05) is 18.2 Å². The Morgan fingerprint density at radius 1 is 1.24 bits per heavy atom. The van der Waals surface area contributed by atoms with Gasteiger partial charge in [-0.15, -0.1) is 0 Å². The molecule has 3 rings (SSSR count). The normalized spacial score (nSPS) is 17.4. The van der Waals surface area contributed by atoms with Crippen molar-refractivity contribution in [2.24, 2.45) is 5.92 Å². The van der Waals surface area contributed by atoms with Gasteiger partial charge in [0.25, 0.3) is 0 Å². The summed E-state index contributed by atoms with van der Waals surface area (Å²) in [6, 6.07) is 5.76. The van der Waals surface area contributed by atoms with Crippen molar-refractivity contribution in [1.82, 2.24) is 9.97 Å². The molecule has 1 fully saturated rings. The molecule has 0 spiro atoms. The number of benzene rings is 1. The first-order valence-electron chi connectivity index (χ1n) is 6.32. The van der Waals surface area contributed by atoms with Gasteiger partial charge in [-0.3, -0.25) is 4.79 Å². The number of aromatic amines is 1. The maximum Gasteiger partial charge on any atom is 0.166 e. The number of fused-ring (bicyclic) bond motifs is 1. The van der Waals surface area contributed by atoms with Gasteiger partial charge < -0.3 is 4.98 Å². The largest absolute Gasteiger partial charge is 0.345 e. The Bertz CT molecular complexity index is 538. The number of hydrogen-bond donors (Lipinski definition) is 1. The molecule has 1 N–H and O–H groups in total. The molecule has 1 aliphatic carbocycles. The molecule has 0 unspecified atom stereocenters. The van der Waals surface area contributed by atoms with E-state index >= 15 is 0 Å². The zero-order valence-corrected chi connectivity index (χ0v) is 9.78. The van der Waals surface area contributed by atoms with Crippen molar-refractivity contribution in [2.75, 3.05) is 0 Å².